The minimum absolute atomic E-state index is 0.151. The van der Waals surface area contributed by atoms with E-state index in [-0.39, 0.29) is 5.41 Å². The van der Waals surface area contributed by atoms with E-state index in [2.05, 4.69) is 24.9 Å². The Morgan fingerprint density at radius 2 is 1.82 bits per heavy atom. The lowest BCUT2D eigenvalue weighted by Gasteiger charge is -2.34. The van der Waals surface area contributed by atoms with Crippen molar-refractivity contribution in [3.05, 3.63) is 0 Å². The van der Waals surface area contributed by atoms with E-state index in [0.29, 0.717) is 0 Å². The van der Waals surface area contributed by atoms with Gasteiger partial charge in [-0.15, -0.1) is 0 Å². The second-order valence-electron chi connectivity index (χ2n) is 6.49. The molecule has 0 unspecified atom stereocenters. The lowest BCUT2D eigenvalue weighted by molar-refractivity contribution is 0.164. The summed E-state index contributed by atoms with van der Waals surface area (Å²) in [6.45, 7) is 7.58. The third-order valence-electron chi connectivity index (χ3n) is 4.22. The molecular weight excluding hydrogens is 208 g/mol. The standard InChI is InChI=1S/C15H28N2/c1-13-6-8-14(9-7-13)17(4)11-5-10-15(2,3)12-16/h13-14H,5-11H2,1-4H3. The first-order chi connectivity index (χ1) is 7.94. The van der Waals surface area contributed by atoms with Gasteiger partial charge in [-0.05, 0) is 71.9 Å². The quantitative estimate of drug-likeness (QED) is 0.725. The van der Waals surface area contributed by atoms with Crippen molar-refractivity contribution in [2.45, 2.75) is 65.3 Å². The molecule has 0 spiro atoms. The van der Waals surface area contributed by atoms with E-state index >= 15 is 0 Å². The van der Waals surface area contributed by atoms with E-state index in [1.54, 1.807) is 0 Å². The molecule has 0 saturated heterocycles. The molecule has 0 bridgehead atoms. The van der Waals surface area contributed by atoms with E-state index in [1.807, 2.05) is 13.8 Å². The van der Waals surface area contributed by atoms with Gasteiger partial charge in [-0.3, -0.25) is 0 Å². The predicted octanol–water partition coefficient (Wildman–Crippen LogP) is 3.83. The lowest BCUT2D eigenvalue weighted by Crippen LogP contribution is -2.35. The molecule has 1 saturated carbocycles. The number of rotatable bonds is 5. The van der Waals surface area contributed by atoms with Gasteiger partial charge in [-0.25, -0.2) is 0 Å². The van der Waals surface area contributed by atoms with Crippen LogP contribution in [0.1, 0.15) is 59.3 Å². The van der Waals surface area contributed by atoms with Gasteiger partial charge >= 0.3 is 0 Å². The summed E-state index contributed by atoms with van der Waals surface area (Å²) in [4.78, 5) is 2.51. The summed E-state index contributed by atoms with van der Waals surface area (Å²) in [6.07, 6.45) is 7.65. The van der Waals surface area contributed by atoms with E-state index < -0.39 is 0 Å². The third kappa shape index (κ3) is 5.08. The Morgan fingerprint density at radius 1 is 1.24 bits per heavy atom. The fourth-order valence-corrected chi connectivity index (χ4v) is 2.69. The van der Waals surface area contributed by atoms with Gasteiger partial charge in [0.15, 0.2) is 0 Å². The van der Waals surface area contributed by atoms with Crippen molar-refractivity contribution >= 4 is 0 Å². The Kier molecular flexibility index (Phi) is 5.46. The van der Waals surface area contributed by atoms with Crippen LogP contribution >= 0.6 is 0 Å². The smallest absolute Gasteiger partial charge is 0.0683 e. The number of nitrogens with zero attached hydrogens (tertiary/aromatic N) is 2. The zero-order chi connectivity index (χ0) is 12.9. The van der Waals surface area contributed by atoms with Crippen LogP contribution in [0.2, 0.25) is 0 Å². The fraction of sp³-hybridized carbons (Fsp3) is 0.933. The molecule has 1 aliphatic carbocycles. The Morgan fingerprint density at radius 3 is 2.35 bits per heavy atom. The molecule has 98 valence electrons. The molecule has 17 heavy (non-hydrogen) atoms. The third-order valence-corrected chi connectivity index (χ3v) is 4.22. The van der Waals surface area contributed by atoms with Crippen molar-refractivity contribution < 1.29 is 0 Å². The number of nitriles is 1. The van der Waals surface area contributed by atoms with Crippen LogP contribution in [0.3, 0.4) is 0 Å². The van der Waals surface area contributed by atoms with Crippen LogP contribution in [0.4, 0.5) is 0 Å². The molecule has 0 aromatic rings. The largest absolute Gasteiger partial charge is 0.303 e. The normalized spacial score (nSPS) is 25.9. The number of hydrogen-bond donors (Lipinski definition) is 0. The number of hydrogen-bond acceptors (Lipinski definition) is 2. The first kappa shape index (κ1) is 14.5. The molecule has 1 rings (SSSR count). The monoisotopic (exact) mass is 236 g/mol. The second-order valence-corrected chi connectivity index (χ2v) is 6.49. The van der Waals surface area contributed by atoms with E-state index in [9.17, 15) is 0 Å². The van der Waals surface area contributed by atoms with Crippen LogP contribution in [-0.2, 0) is 0 Å². The molecule has 2 heteroatoms. The highest BCUT2D eigenvalue weighted by Gasteiger charge is 2.22. The zero-order valence-electron chi connectivity index (χ0n) is 12.0. The minimum atomic E-state index is -0.151. The van der Waals surface area contributed by atoms with Crippen LogP contribution < -0.4 is 0 Å². The highest BCUT2D eigenvalue weighted by Crippen LogP contribution is 2.27. The topological polar surface area (TPSA) is 27.0 Å². The van der Waals surface area contributed by atoms with E-state index in [0.717, 1.165) is 31.3 Å². The fourth-order valence-electron chi connectivity index (χ4n) is 2.69. The molecule has 1 fully saturated rings. The molecule has 0 amide bonds. The molecule has 0 aliphatic heterocycles. The Balaban J connectivity index is 2.21. The average Bonchev–Trinajstić information content (AvgIpc) is 2.29. The molecule has 0 aromatic heterocycles. The van der Waals surface area contributed by atoms with E-state index in [1.165, 1.54) is 25.7 Å². The van der Waals surface area contributed by atoms with Gasteiger partial charge in [0.2, 0.25) is 0 Å². The predicted molar refractivity (Wildman–Crippen MR) is 72.7 cm³/mol. The Labute approximate surface area is 107 Å². The molecule has 2 nitrogen and oxygen atoms in total. The van der Waals surface area contributed by atoms with Gasteiger partial charge in [0.25, 0.3) is 0 Å². The first-order valence-electron chi connectivity index (χ1n) is 7.06. The summed E-state index contributed by atoms with van der Waals surface area (Å²) in [7, 11) is 2.25. The Bertz CT molecular complexity index is 257. The summed E-state index contributed by atoms with van der Waals surface area (Å²) in [5.74, 6) is 0.928. The van der Waals surface area contributed by atoms with E-state index in [4.69, 9.17) is 5.26 Å². The Hall–Kier alpha value is -0.550. The molecule has 0 atom stereocenters. The molecule has 0 radical (unpaired) electrons. The highest BCUT2D eigenvalue weighted by molar-refractivity contribution is 4.91. The van der Waals surface area contributed by atoms with Crippen molar-refractivity contribution in [3.63, 3.8) is 0 Å². The maximum atomic E-state index is 8.97. The maximum Gasteiger partial charge on any atom is 0.0683 e. The first-order valence-corrected chi connectivity index (χ1v) is 7.06. The highest BCUT2D eigenvalue weighted by atomic mass is 15.1. The SMILES string of the molecule is CC1CCC(N(C)CCCC(C)(C)C#N)CC1. The van der Waals surface area contributed by atoms with Gasteiger partial charge in [-0.1, -0.05) is 6.92 Å². The summed E-state index contributed by atoms with van der Waals surface area (Å²) in [5, 5.41) is 8.97. The van der Waals surface area contributed by atoms with Crippen LogP contribution in [-0.4, -0.2) is 24.5 Å². The van der Waals surface area contributed by atoms with Gasteiger partial charge < -0.3 is 4.90 Å². The zero-order valence-corrected chi connectivity index (χ0v) is 12.0. The van der Waals surface area contributed by atoms with Crippen LogP contribution in [0.15, 0.2) is 0 Å². The molecule has 0 heterocycles. The summed E-state index contributed by atoms with van der Waals surface area (Å²) in [6, 6.07) is 3.17. The molecular formula is C15H28N2. The minimum Gasteiger partial charge on any atom is -0.303 e. The summed E-state index contributed by atoms with van der Waals surface area (Å²) >= 11 is 0. The van der Waals surface area contributed by atoms with Crippen molar-refractivity contribution in [3.8, 4) is 6.07 Å². The maximum absolute atomic E-state index is 8.97. The molecule has 1 aliphatic rings. The van der Waals surface area contributed by atoms with Crippen molar-refractivity contribution in [2.75, 3.05) is 13.6 Å². The van der Waals surface area contributed by atoms with Gasteiger partial charge in [0.05, 0.1) is 11.5 Å². The van der Waals surface area contributed by atoms with Crippen LogP contribution in [0.25, 0.3) is 0 Å². The molecule has 0 aromatic carbocycles. The van der Waals surface area contributed by atoms with Crippen molar-refractivity contribution in [1.29, 1.82) is 5.26 Å². The second kappa shape index (κ2) is 6.40. The summed E-state index contributed by atoms with van der Waals surface area (Å²) < 4.78 is 0. The van der Waals surface area contributed by atoms with Gasteiger partial charge in [0.1, 0.15) is 0 Å². The lowest BCUT2D eigenvalue weighted by atomic mass is 9.86. The summed E-state index contributed by atoms with van der Waals surface area (Å²) in [5.41, 5.74) is -0.151. The van der Waals surface area contributed by atoms with Crippen molar-refractivity contribution in [1.82, 2.24) is 4.90 Å². The molecule has 0 N–H and O–H groups in total. The van der Waals surface area contributed by atoms with Crippen molar-refractivity contribution in [2.24, 2.45) is 11.3 Å². The van der Waals surface area contributed by atoms with Gasteiger partial charge in [-0.2, -0.15) is 5.26 Å². The van der Waals surface area contributed by atoms with Crippen LogP contribution in [0.5, 0.6) is 0 Å². The van der Waals surface area contributed by atoms with Crippen LogP contribution in [0, 0.1) is 22.7 Å². The average molecular weight is 236 g/mol. The van der Waals surface area contributed by atoms with Gasteiger partial charge in [0, 0.05) is 6.04 Å².